The number of phenols is 1. The summed E-state index contributed by atoms with van der Waals surface area (Å²) in [5.41, 5.74) is 11.8. The fourth-order valence-electron chi connectivity index (χ4n) is 1.18. The third-order valence-electron chi connectivity index (χ3n) is 1.95. The Morgan fingerprint density at radius 1 is 1.17 bits per heavy atom. The molecule has 0 unspecified atom stereocenters. The number of nitrogens with two attached hydrogens (primary N) is 2. The molecule has 0 saturated carbocycles. The van der Waals surface area contributed by atoms with Gasteiger partial charge in [0.1, 0.15) is 5.75 Å². The van der Waals surface area contributed by atoms with Crippen LogP contribution in [-0.2, 0) is 0 Å². The quantitative estimate of drug-likeness (QED) is 0.608. The average molecular weight is 166 g/mol. The summed E-state index contributed by atoms with van der Waals surface area (Å²) in [4.78, 5) is 0. The van der Waals surface area contributed by atoms with E-state index in [1.165, 1.54) is 0 Å². The molecule has 0 aliphatic carbocycles. The maximum atomic E-state index is 9.43. The Balaban J connectivity index is 2.92. The third kappa shape index (κ3) is 1.75. The number of hydrogen-bond donors (Lipinski definition) is 3. The molecule has 0 saturated heterocycles. The zero-order chi connectivity index (χ0) is 8.97. The van der Waals surface area contributed by atoms with Gasteiger partial charge in [0.25, 0.3) is 0 Å². The fourth-order valence-corrected chi connectivity index (χ4v) is 1.18. The molecule has 1 rings (SSSR count). The second-order valence-corrected chi connectivity index (χ2v) is 2.73. The molecule has 0 aliphatic heterocycles. The van der Waals surface area contributed by atoms with Crippen molar-refractivity contribution in [2.75, 3.05) is 13.1 Å². The van der Waals surface area contributed by atoms with Gasteiger partial charge in [0.05, 0.1) is 0 Å². The Morgan fingerprint density at radius 2 is 1.75 bits per heavy atom. The van der Waals surface area contributed by atoms with Gasteiger partial charge in [-0.25, -0.2) is 0 Å². The predicted molar refractivity (Wildman–Crippen MR) is 49.0 cm³/mol. The van der Waals surface area contributed by atoms with Gasteiger partial charge in [-0.2, -0.15) is 0 Å². The normalized spacial score (nSPS) is 10.6. The van der Waals surface area contributed by atoms with E-state index in [1.807, 2.05) is 12.1 Å². The molecule has 5 N–H and O–H groups in total. The summed E-state index contributed by atoms with van der Waals surface area (Å²) < 4.78 is 0. The molecule has 0 atom stereocenters. The van der Waals surface area contributed by atoms with Crippen molar-refractivity contribution in [3.05, 3.63) is 29.8 Å². The zero-order valence-electron chi connectivity index (χ0n) is 6.90. The summed E-state index contributed by atoms with van der Waals surface area (Å²) >= 11 is 0. The molecule has 1 aromatic carbocycles. The topological polar surface area (TPSA) is 72.3 Å². The largest absolute Gasteiger partial charge is 0.508 e. The van der Waals surface area contributed by atoms with E-state index in [2.05, 4.69) is 0 Å². The number of benzene rings is 1. The van der Waals surface area contributed by atoms with Gasteiger partial charge in [0.15, 0.2) is 0 Å². The van der Waals surface area contributed by atoms with Gasteiger partial charge < -0.3 is 16.6 Å². The van der Waals surface area contributed by atoms with Crippen molar-refractivity contribution in [1.82, 2.24) is 0 Å². The maximum absolute atomic E-state index is 9.43. The zero-order valence-corrected chi connectivity index (χ0v) is 6.90. The maximum Gasteiger partial charge on any atom is 0.119 e. The molecule has 0 bridgehead atoms. The van der Waals surface area contributed by atoms with Gasteiger partial charge >= 0.3 is 0 Å². The van der Waals surface area contributed by atoms with Crippen LogP contribution in [0.5, 0.6) is 5.75 Å². The molecule has 3 nitrogen and oxygen atoms in total. The van der Waals surface area contributed by atoms with Crippen LogP contribution in [0.3, 0.4) is 0 Å². The molecule has 0 amide bonds. The number of phenolic OH excluding ortho intramolecular Hbond substituents is 1. The Bertz CT molecular complexity index is 246. The molecule has 0 aliphatic rings. The van der Waals surface area contributed by atoms with Gasteiger partial charge in [-0.05, 0) is 11.6 Å². The van der Waals surface area contributed by atoms with E-state index in [1.54, 1.807) is 12.1 Å². The molecule has 3 heteroatoms. The fraction of sp³-hybridized carbons (Fsp3) is 0.333. The molecule has 66 valence electrons. The van der Waals surface area contributed by atoms with Gasteiger partial charge in [-0.15, -0.1) is 0 Å². The summed E-state index contributed by atoms with van der Waals surface area (Å²) in [5.74, 6) is 0.338. The summed E-state index contributed by atoms with van der Waals surface area (Å²) in [6.45, 7) is 0.933. The highest BCUT2D eigenvalue weighted by atomic mass is 16.3. The van der Waals surface area contributed by atoms with E-state index >= 15 is 0 Å². The first kappa shape index (κ1) is 9.03. The van der Waals surface area contributed by atoms with Gasteiger partial charge in [0, 0.05) is 19.0 Å². The van der Waals surface area contributed by atoms with Crippen molar-refractivity contribution in [1.29, 1.82) is 0 Å². The van der Waals surface area contributed by atoms with Crippen LogP contribution in [0.15, 0.2) is 24.3 Å². The SMILES string of the molecule is NCC(CN)c1ccccc1O. The van der Waals surface area contributed by atoms with Crippen molar-refractivity contribution >= 4 is 0 Å². The Morgan fingerprint density at radius 3 is 2.25 bits per heavy atom. The molecule has 0 radical (unpaired) electrons. The standard InChI is InChI=1S/C9H14N2O/c10-5-7(6-11)8-3-1-2-4-9(8)12/h1-4,7,12H,5-6,10-11H2. The highest BCUT2D eigenvalue weighted by molar-refractivity contribution is 5.35. The van der Waals surface area contributed by atoms with Gasteiger partial charge in [-0.3, -0.25) is 0 Å². The van der Waals surface area contributed by atoms with Gasteiger partial charge in [-0.1, -0.05) is 18.2 Å². The minimum absolute atomic E-state index is 0.0613. The summed E-state index contributed by atoms with van der Waals surface area (Å²) in [6, 6.07) is 7.14. The second kappa shape index (κ2) is 4.09. The van der Waals surface area contributed by atoms with Crippen molar-refractivity contribution in [3.63, 3.8) is 0 Å². The first-order chi connectivity index (χ1) is 5.79. The summed E-state index contributed by atoms with van der Waals surface area (Å²) in [5, 5.41) is 9.43. The molecule has 0 heterocycles. The van der Waals surface area contributed by atoms with E-state index in [-0.39, 0.29) is 11.7 Å². The molecular weight excluding hydrogens is 152 g/mol. The van der Waals surface area contributed by atoms with Crippen LogP contribution in [0.4, 0.5) is 0 Å². The Kier molecular flexibility index (Phi) is 3.08. The van der Waals surface area contributed by atoms with E-state index < -0.39 is 0 Å². The first-order valence-electron chi connectivity index (χ1n) is 3.97. The van der Waals surface area contributed by atoms with Crippen molar-refractivity contribution in [2.45, 2.75) is 5.92 Å². The lowest BCUT2D eigenvalue weighted by Gasteiger charge is -2.13. The minimum atomic E-state index is 0.0613. The molecular formula is C9H14N2O. The first-order valence-corrected chi connectivity index (χ1v) is 3.97. The minimum Gasteiger partial charge on any atom is -0.508 e. The van der Waals surface area contributed by atoms with Crippen LogP contribution in [0, 0.1) is 0 Å². The lowest BCUT2D eigenvalue weighted by atomic mass is 9.99. The van der Waals surface area contributed by atoms with E-state index in [9.17, 15) is 5.11 Å². The lowest BCUT2D eigenvalue weighted by molar-refractivity contribution is 0.461. The predicted octanol–water partition coefficient (Wildman–Crippen LogP) is 0.393. The Hall–Kier alpha value is -1.06. The number of hydrogen-bond acceptors (Lipinski definition) is 3. The molecule has 0 spiro atoms. The second-order valence-electron chi connectivity index (χ2n) is 2.73. The third-order valence-corrected chi connectivity index (χ3v) is 1.95. The van der Waals surface area contributed by atoms with Crippen molar-refractivity contribution in [2.24, 2.45) is 11.5 Å². The van der Waals surface area contributed by atoms with Crippen LogP contribution in [0.1, 0.15) is 11.5 Å². The van der Waals surface area contributed by atoms with Crippen molar-refractivity contribution < 1.29 is 5.11 Å². The number of para-hydroxylation sites is 1. The van der Waals surface area contributed by atoms with Crippen LogP contribution in [-0.4, -0.2) is 18.2 Å². The summed E-state index contributed by atoms with van der Waals surface area (Å²) in [7, 11) is 0. The van der Waals surface area contributed by atoms with Crippen LogP contribution >= 0.6 is 0 Å². The van der Waals surface area contributed by atoms with E-state index in [0.29, 0.717) is 13.1 Å². The van der Waals surface area contributed by atoms with Gasteiger partial charge in [0.2, 0.25) is 0 Å². The average Bonchev–Trinajstić information content (AvgIpc) is 2.10. The number of aromatic hydroxyl groups is 1. The monoisotopic (exact) mass is 166 g/mol. The highest BCUT2D eigenvalue weighted by Gasteiger charge is 2.10. The van der Waals surface area contributed by atoms with Crippen LogP contribution in [0.25, 0.3) is 0 Å². The Labute approximate surface area is 72.0 Å². The molecule has 0 fully saturated rings. The molecule has 12 heavy (non-hydrogen) atoms. The lowest BCUT2D eigenvalue weighted by Crippen LogP contribution is -2.21. The smallest absolute Gasteiger partial charge is 0.119 e. The molecule has 1 aromatic rings. The number of rotatable bonds is 3. The molecule has 0 aromatic heterocycles. The van der Waals surface area contributed by atoms with Crippen LogP contribution in [0.2, 0.25) is 0 Å². The summed E-state index contributed by atoms with van der Waals surface area (Å²) in [6.07, 6.45) is 0. The van der Waals surface area contributed by atoms with E-state index in [0.717, 1.165) is 5.56 Å². The van der Waals surface area contributed by atoms with Crippen LogP contribution < -0.4 is 11.5 Å². The highest BCUT2D eigenvalue weighted by Crippen LogP contribution is 2.23. The van der Waals surface area contributed by atoms with Crippen molar-refractivity contribution in [3.8, 4) is 5.75 Å². The van der Waals surface area contributed by atoms with E-state index in [4.69, 9.17) is 11.5 Å².